The third kappa shape index (κ3) is 5.49. The van der Waals surface area contributed by atoms with Gasteiger partial charge in [0.05, 0.1) is 13.7 Å². The summed E-state index contributed by atoms with van der Waals surface area (Å²) >= 11 is 0. The Bertz CT molecular complexity index is 724. The predicted octanol–water partition coefficient (Wildman–Crippen LogP) is 5.40. The number of benzene rings is 2. The Balaban J connectivity index is 1.44. The monoisotopic (exact) mass is 367 g/mol. The van der Waals surface area contributed by atoms with Crippen LogP contribution in [0.4, 0.5) is 5.69 Å². The van der Waals surface area contributed by atoms with E-state index in [1.807, 2.05) is 48.5 Å². The number of methoxy groups -OCH3 is 1. The van der Waals surface area contributed by atoms with Crippen molar-refractivity contribution in [1.82, 2.24) is 0 Å². The molecule has 1 fully saturated rings. The zero-order valence-electron chi connectivity index (χ0n) is 16.2. The highest BCUT2D eigenvalue weighted by Gasteiger charge is 2.43. The van der Waals surface area contributed by atoms with Crippen LogP contribution in [0.15, 0.2) is 48.5 Å². The van der Waals surface area contributed by atoms with Crippen LogP contribution in [0.2, 0.25) is 0 Å². The normalized spacial score (nSPS) is 18.0. The molecule has 2 aromatic rings. The number of anilines is 1. The minimum absolute atomic E-state index is 0.0490. The van der Waals surface area contributed by atoms with E-state index >= 15 is 0 Å². The Kier molecular flexibility index (Phi) is 6.74. The number of ether oxygens (including phenoxy) is 2. The van der Waals surface area contributed by atoms with Crippen molar-refractivity contribution in [3.8, 4) is 11.5 Å². The summed E-state index contributed by atoms with van der Waals surface area (Å²) in [4.78, 5) is 12.5. The first-order chi connectivity index (χ1) is 13.2. The molecule has 1 N–H and O–H groups in total. The number of carbonyl (C=O) groups excluding carboxylic acids is 1. The first-order valence-electron chi connectivity index (χ1n) is 9.89. The third-order valence-corrected chi connectivity index (χ3v) is 5.06. The van der Waals surface area contributed by atoms with Crippen molar-refractivity contribution in [3.63, 3.8) is 0 Å². The SMILES string of the molecule is CCCCCCOc1ccc(NC(=O)C2CC2c2ccc(OC)cc2)cc1. The summed E-state index contributed by atoms with van der Waals surface area (Å²) in [6.07, 6.45) is 5.68. The van der Waals surface area contributed by atoms with Gasteiger partial charge < -0.3 is 14.8 Å². The number of nitrogens with one attached hydrogen (secondary N) is 1. The molecule has 3 rings (SSSR count). The van der Waals surface area contributed by atoms with Crippen molar-refractivity contribution < 1.29 is 14.3 Å². The van der Waals surface area contributed by atoms with Crippen LogP contribution in [0, 0.1) is 5.92 Å². The lowest BCUT2D eigenvalue weighted by atomic mass is 10.1. The summed E-state index contributed by atoms with van der Waals surface area (Å²) in [6, 6.07) is 15.6. The molecular weight excluding hydrogens is 338 g/mol. The van der Waals surface area contributed by atoms with Crippen LogP contribution in [0.3, 0.4) is 0 Å². The van der Waals surface area contributed by atoms with Gasteiger partial charge in [-0.1, -0.05) is 38.3 Å². The minimum Gasteiger partial charge on any atom is -0.497 e. The Hall–Kier alpha value is -2.49. The van der Waals surface area contributed by atoms with E-state index in [1.165, 1.54) is 24.8 Å². The molecule has 1 aliphatic carbocycles. The largest absolute Gasteiger partial charge is 0.497 e. The van der Waals surface area contributed by atoms with Crippen LogP contribution in [0.1, 0.15) is 50.5 Å². The van der Waals surface area contributed by atoms with E-state index in [0.717, 1.165) is 36.6 Å². The average Bonchev–Trinajstić information content (AvgIpc) is 3.50. The van der Waals surface area contributed by atoms with Gasteiger partial charge in [0.2, 0.25) is 5.91 Å². The van der Waals surface area contributed by atoms with E-state index in [4.69, 9.17) is 9.47 Å². The molecule has 0 aromatic heterocycles. The van der Waals surface area contributed by atoms with Crippen LogP contribution in [0.25, 0.3) is 0 Å². The van der Waals surface area contributed by atoms with Crippen molar-refractivity contribution in [1.29, 1.82) is 0 Å². The second-order valence-corrected chi connectivity index (χ2v) is 7.14. The molecule has 1 aliphatic rings. The smallest absolute Gasteiger partial charge is 0.228 e. The lowest BCUT2D eigenvalue weighted by Gasteiger charge is -2.08. The van der Waals surface area contributed by atoms with Crippen molar-refractivity contribution in [2.24, 2.45) is 5.92 Å². The van der Waals surface area contributed by atoms with E-state index in [0.29, 0.717) is 5.92 Å². The van der Waals surface area contributed by atoms with Gasteiger partial charge in [0, 0.05) is 11.6 Å². The highest BCUT2D eigenvalue weighted by Crippen LogP contribution is 2.48. The lowest BCUT2D eigenvalue weighted by Crippen LogP contribution is -2.14. The van der Waals surface area contributed by atoms with Gasteiger partial charge in [-0.15, -0.1) is 0 Å². The van der Waals surface area contributed by atoms with E-state index in [9.17, 15) is 4.79 Å². The van der Waals surface area contributed by atoms with E-state index in [1.54, 1.807) is 7.11 Å². The van der Waals surface area contributed by atoms with E-state index in [2.05, 4.69) is 12.2 Å². The molecule has 2 atom stereocenters. The van der Waals surface area contributed by atoms with Crippen LogP contribution in [-0.4, -0.2) is 19.6 Å². The molecular formula is C23H29NO3. The molecule has 0 heterocycles. The first kappa shape index (κ1) is 19.3. The standard InChI is InChI=1S/C23H29NO3/c1-3-4-5-6-15-27-20-13-9-18(10-14-20)24-23(25)22-16-21(22)17-7-11-19(26-2)12-8-17/h7-14,21-22H,3-6,15-16H2,1-2H3,(H,24,25). The molecule has 0 bridgehead atoms. The van der Waals surface area contributed by atoms with Gasteiger partial charge in [-0.2, -0.15) is 0 Å². The van der Waals surface area contributed by atoms with Crippen LogP contribution in [0.5, 0.6) is 11.5 Å². The maximum atomic E-state index is 12.5. The zero-order chi connectivity index (χ0) is 19.1. The molecule has 2 unspecified atom stereocenters. The summed E-state index contributed by atoms with van der Waals surface area (Å²) in [6.45, 7) is 2.95. The number of rotatable bonds is 10. The second kappa shape index (κ2) is 9.45. The van der Waals surface area contributed by atoms with Gasteiger partial charge >= 0.3 is 0 Å². The maximum absolute atomic E-state index is 12.5. The maximum Gasteiger partial charge on any atom is 0.228 e. The van der Waals surface area contributed by atoms with E-state index < -0.39 is 0 Å². The highest BCUT2D eigenvalue weighted by molar-refractivity contribution is 5.95. The molecule has 1 saturated carbocycles. The fourth-order valence-corrected chi connectivity index (χ4v) is 3.29. The molecule has 2 aromatic carbocycles. The van der Waals surface area contributed by atoms with Gasteiger partial charge in [0.25, 0.3) is 0 Å². The van der Waals surface area contributed by atoms with Gasteiger partial charge in [-0.05, 0) is 60.7 Å². The quantitative estimate of drug-likeness (QED) is 0.572. The predicted molar refractivity (Wildman–Crippen MR) is 109 cm³/mol. The van der Waals surface area contributed by atoms with Crippen molar-refractivity contribution in [2.45, 2.75) is 44.9 Å². The summed E-state index contributed by atoms with van der Waals surface area (Å²) in [5.41, 5.74) is 2.02. The van der Waals surface area contributed by atoms with E-state index in [-0.39, 0.29) is 11.8 Å². The number of unbranched alkanes of at least 4 members (excludes halogenated alkanes) is 3. The first-order valence-corrected chi connectivity index (χ1v) is 9.89. The van der Waals surface area contributed by atoms with Crippen LogP contribution in [-0.2, 0) is 4.79 Å². The number of amides is 1. The van der Waals surface area contributed by atoms with Gasteiger partial charge in [0.1, 0.15) is 11.5 Å². The average molecular weight is 367 g/mol. The van der Waals surface area contributed by atoms with Crippen molar-refractivity contribution in [2.75, 3.05) is 19.0 Å². The highest BCUT2D eigenvalue weighted by atomic mass is 16.5. The Morgan fingerprint density at radius 3 is 2.37 bits per heavy atom. The van der Waals surface area contributed by atoms with Crippen molar-refractivity contribution >= 4 is 11.6 Å². The fourth-order valence-electron chi connectivity index (χ4n) is 3.29. The third-order valence-electron chi connectivity index (χ3n) is 5.06. The summed E-state index contributed by atoms with van der Waals surface area (Å²) in [5.74, 6) is 2.14. The fraction of sp³-hybridized carbons (Fsp3) is 0.435. The summed E-state index contributed by atoms with van der Waals surface area (Å²) in [7, 11) is 1.66. The molecule has 144 valence electrons. The van der Waals surface area contributed by atoms with Gasteiger partial charge in [0.15, 0.2) is 0 Å². The van der Waals surface area contributed by atoms with Gasteiger partial charge in [-0.3, -0.25) is 4.79 Å². The molecule has 27 heavy (non-hydrogen) atoms. The Labute approximate surface area is 161 Å². The molecule has 1 amide bonds. The van der Waals surface area contributed by atoms with Crippen LogP contribution < -0.4 is 14.8 Å². The van der Waals surface area contributed by atoms with Gasteiger partial charge in [-0.25, -0.2) is 0 Å². The number of hydrogen-bond acceptors (Lipinski definition) is 3. The number of carbonyl (C=O) groups is 1. The molecule has 0 saturated heterocycles. The van der Waals surface area contributed by atoms with Crippen LogP contribution >= 0.6 is 0 Å². The zero-order valence-corrected chi connectivity index (χ0v) is 16.2. The Morgan fingerprint density at radius 2 is 1.70 bits per heavy atom. The summed E-state index contributed by atoms with van der Waals surface area (Å²) < 4.78 is 10.9. The minimum atomic E-state index is 0.0490. The summed E-state index contributed by atoms with van der Waals surface area (Å²) in [5, 5.41) is 3.02. The topological polar surface area (TPSA) is 47.6 Å². The van der Waals surface area contributed by atoms with Crippen molar-refractivity contribution in [3.05, 3.63) is 54.1 Å². The Morgan fingerprint density at radius 1 is 1.00 bits per heavy atom. The lowest BCUT2D eigenvalue weighted by molar-refractivity contribution is -0.117. The molecule has 4 heteroatoms. The molecule has 0 radical (unpaired) electrons. The second-order valence-electron chi connectivity index (χ2n) is 7.14. The molecule has 0 spiro atoms. The number of hydrogen-bond donors (Lipinski definition) is 1. The molecule has 4 nitrogen and oxygen atoms in total. The molecule has 0 aliphatic heterocycles.